The van der Waals surface area contributed by atoms with Gasteiger partial charge in [-0.05, 0) is 50.0 Å². The van der Waals surface area contributed by atoms with Crippen LogP contribution in [0.25, 0.3) is 0 Å². The van der Waals surface area contributed by atoms with Crippen LogP contribution in [0.3, 0.4) is 0 Å². The van der Waals surface area contributed by atoms with Gasteiger partial charge in [-0.1, -0.05) is 46.4 Å². The largest absolute Gasteiger partial charge is 0.367 e. The number of aromatic nitrogens is 6. The molecule has 0 saturated carbocycles. The first-order valence-corrected chi connectivity index (χ1v) is 13.1. The molecule has 2 aromatic rings. The number of nitriles is 1. The maximum Gasteiger partial charge on any atom is 0.281 e. The molecule has 2 rings (SSSR count). The Morgan fingerprint density at radius 3 is 2.17 bits per heavy atom. The third-order valence-corrected chi connectivity index (χ3v) is 4.74. The Labute approximate surface area is 223 Å². The van der Waals surface area contributed by atoms with Crippen LogP contribution in [-0.2, 0) is 0 Å². The van der Waals surface area contributed by atoms with Crippen molar-refractivity contribution in [3.05, 3.63) is 11.6 Å². The zero-order valence-corrected chi connectivity index (χ0v) is 24.0. The lowest BCUT2D eigenvalue weighted by atomic mass is 10.1. The van der Waals surface area contributed by atoms with Crippen molar-refractivity contribution in [2.75, 3.05) is 41.8 Å². The van der Waals surface area contributed by atoms with Crippen LogP contribution < -0.4 is 16.4 Å². The fourth-order valence-corrected chi connectivity index (χ4v) is 3.23. The number of hydrogen-bond acceptors (Lipinski definition) is 11. The molecule has 12 nitrogen and oxygen atoms in total. The van der Waals surface area contributed by atoms with Crippen molar-refractivity contribution in [2.45, 2.75) is 60.9 Å². The second-order valence-electron chi connectivity index (χ2n) is 8.89. The summed E-state index contributed by atoms with van der Waals surface area (Å²) in [6.07, 6.45) is 1.43. The minimum atomic E-state index is -0.756. The lowest BCUT2D eigenvalue weighted by Gasteiger charge is -2.25. The summed E-state index contributed by atoms with van der Waals surface area (Å²) in [4.78, 5) is 29.1. The van der Waals surface area contributed by atoms with E-state index in [9.17, 15) is 4.79 Å². The average Bonchev–Trinajstić information content (AvgIpc) is 3.24. The molecule has 0 aliphatic heterocycles. The standard InChI is InChI=1S/C11H23NOS.C9H13ClN6.C2H4N4/c1-6-14-11(13)12(7-9(2)3)8-10(4)5;1-4-12-7-13-6(10)14-8(15-7)16-9(2,3)5-11;3-2-4-1-5-6-2/h9-10H,6-8H2,1-5H3;4H2,1-3H3,(H2,12,13,14,15,16);1H,(H3,3,4,5,6). The normalized spacial score (nSPS) is 10.5. The molecule has 0 atom stereocenters. The molecule has 0 bridgehead atoms. The number of amides is 1. The fourth-order valence-electron chi connectivity index (χ4n) is 2.49. The van der Waals surface area contributed by atoms with E-state index in [1.165, 1.54) is 18.1 Å². The van der Waals surface area contributed by atoms with Crippen molar-refractivity contribution in [2.24, 2.45) is 11.8 Å². The number of rotatable bonds is 9. The van der Waals surface area contributed by atoms with E-state index in [1.807, 2.05) is 18.7 Å². The second-order valence-corrected chi connectivity index (χ2v) is 10.4. The number of carbonyl (C=O) groups excluding carboxylic acids is 1. The Bertz CT molecular complexity index is 907. The molecular formula is C22H40ClN11OS. The number of nitrogens with zero attached hydrogens (tertiary/aromatic N) is 7. The molecule has 0 unspecified atom stereocenters. The molecule has 1 amide bonds. The molecule has 0 aliphatic rings. The predicted molar refractivity (Wildman–Crippen MR) is 148 cm³/mol. The fraction of sp³-hybridized carbons (Fsp3) is 0.682. The van der Waals surface area contributed by atoms with Gasteiger partial charge in [0.25, 0.3) is 5.24 Å². The molecule has 0 aromatic carbocycles. The Balaban J connectivity index is 0.000000557. The van der Waals surface area contributed by atoms with Gasteiger partial charge in [0, 0.05) is 19.6 Å². The molecule has 0 radical (unpaired) electrons. The van der Waals surface area contributed by atoms with Gasteiger partial charge < -0.3 is 21.3 Å². The van der Waals surface area contributed by atoms with E-state index < -0.39 is 5.54 Å². The summed E-state index contributed by atoms with van der Waals surface area (Å²) in [5.74, 6) is 2.92. The smallest absolute Gasteiger partial charge is 0.281 e. The van der Waals surface area contributed by atoms with Crippen LogP contribution in [0.15, 0.2) is 6.33 Å². The van der Waals surface area contributed by atoms with Crippen LogP contribution in [0, 0.1) is 23.2 Å². The lowest BCUT2D eigenvalue weighted by molar-refractivity contribution is 0.208. The number of nitrogens with two attached hydrogens (primary N) is 1. The highest BCUT2D eigenvalue weighted by Crippen LogP contribution is 2.14. The Kier molecular flexibility index (Phi) is 16.2. The first-order chi connectivity index (χ1) is 16.8. The molecule has 0 fully saturated rings. The van der Waals surface area contributed by atoms with Gasteiger partial charge in [0.2, 0.25) is 23.1 Å². The van der Waals surface area contributed by atoms with Gasteiger partial charge in [-0.15, -0.1) is 5.10 Å². The molecule has 5 N–H and O–H groups in total. The van der Waals surface area contributed by atoms with Gasteiger partial charge in [0.05, 0.1) is 6.07 Å². The highest BCUT2D eigenvalue weighted by atomic mass is 35.5. The minimum absolute atomic E-state index is 0.0854. The minimum Gasteiger partial charge on any atom is -0.367 e. The van der Waals surface area contributed by atoms with Gasteiger partial charge in [0.1, 0.15) is 11.9 Å². The van der Waals surface area contributed by atoms with Crippen LogP contribution in [0.4, 0.5) is 22.6 Å². The van der Waals surface area contributed by atoms with Crippen molar-refractivity contribution in [3.8, 4) is 6.07 Å². The topological polar surface area (TPSA) is 174 Å². The van der Waals surface area contributed by atoms with Crippen molar-refractivity contribution in [3.63, 3.8) is 0 Å². The molecule has 2 aromatic heterocycles. The number of hydrogen-bond donors (Lipinski definition) is 4. The summed E-state index contributed by atoms with van der Waals surface area (Å²) in [6, 6.07) is 2.09. The monoisotopic (exact) mass is 541 g/mol. The van der Waals surface area contributed by atoms with E-state index in [0.717, 1.165) is 18.8 Å². The molecule has 0 spiro atoms. The number of nitrogens with one attached hydrogen (secondary N) is 3. The quantitative estimate of drug-likeness (QED) is 0.350. The van der Waals surface area contributed by atoms with Gasteiger partial charge in [-0.2, -0.15) is 20.2 Å². The third kappa shape index (κ3) is 15.9. The van der Waals surface area contributed by atoms with Gasteiger partial charge >= 0.3 is 0 Å². The highest BCUT2D eigenvalue weighted by Gasteiger charge is 2.18. The predicted octanol–water partition coefficient (Wildman–Crippen LogP) is 4.53. The highest BCUT2D eigenvalue weighted by molar-refractivity contribution is 8.13. The molecule has 14 heteroatoms. The van der Waals surface area contributed by atoms with Crippen LogP contribution in [0.2, 0.25) is 5.28 Å². The Morgan fingerprint density at radius 2 is 1.78 bits per heavy atom. The van der Waals surface area contributed by atoms with Crippen molar-refractivity contribution in [1.29, 1.82) is 5.26 Å². The van der Waals surface area contributed by atoms with Crippen molar-refractivity contribution in [1.82, 2.24) is 35.0 Å². The summed E-state index contributed by atoms with van der Waals surface area (Å²) < 4.78 is 0. The van der Waals surface area contributed by atoms with Gasteiger partial charge in [0.15, 0.2) is 0 Å². The SMILES string of the molecule is CCNc1nc(Cl)nc(NC(C)(C)C#N)n1.CCSC(=O)N(CC(C)C)CC(C)C.Nc1nc[nH]n1. The molecule has 202 valence electrons. The van der Waals surface area contributed by atoms with Crippen LogP contribution in [-0.4, -0.2) is 71.2 Å². The summed E-state index contributed by atoms with van der Waals surface area (Å²) in [7, 11) is 0. The maximum absolute atomic E-state index is 11.7. The first kappa shape index (κ1) is 33.1. The number of carbonyl (C=O) groups is 1. The van der Waals surface area contributed by atoms with E-state index >= 15 is 0 Å². The zero-order valence-electron chi connectivity index (χ0n) is 22.5. The summed E-state index contributed by atoms with van der Waals surface area (Å²) in [5, 5.41) is 20.9. The number of anilines is 3. The Morgan fingerprint density at radius 1 is 1.19 bits per heavy atom. The van der Waals surface area contributed by atoms with Crippen molar-refractivity contribution < 1.29 is 4.79 Å². The summed E-state index contributed by atoms with van der Waals surface area (Å²) in [6.45, 7) is 18.4. The van der Waals surface area contributed by atoms with Crippen LogP contribution in [0.5, 0.6) is 0 Å². The van der Waals surface area contributed by atoms with E-state index in [0.29, 0.717) is 24.3 Å². The number of thioether (sulfide) groups is 1. The first-order valence-electron chi connectivity index (χ1n) is 11.7. The van der Waals surface area contributed by atoms with E-state index in [2.05, 4.69) is 74.5 Å². The third-order valence-electron chi connectivity index (χ3n) is 3.78. The van der Waals surface area contributed by atoms with Crippen LogP contribution in [0.1, 0.15) is 55.4 Å². The number of aromatic amines is 1. The summed E-state index contributed by atoms with van der Waals surface area (Å²) >= 11 is 7.14. The van der Waals surface area contributed by atoms with Crippen molar-refractivity contribution >= 4 is 46.4 Å². The number of halogens is 1. The van der Waals surface area contributed by atoms with Gasteiger partial charge in [-0.3, -0.25) is 9.89 Å². The summed E-state index contributed by atoms with van der Waals surface area (Å²) in [5.41, 5.74) is 4.27. The molecule has 36 heavy (non-hydrogen) atoms. The van der Waals surface area contributed by atoms with E-state index in [4.69, 9.17) is 22.6 Å². The average molecular weight is 542 g/mol. The zero-order chi connectivity index (χ0) is 27.7. The maximum atomic E-state index is 11.7. The van der Waals surface area contributed by atoms with Gasteiger partial charge in [-0.25, -0.2) is 4.98 Å². The van der Waals surface area contributed by atoms with E-state index in [-0.39, 0.29) is 22.4 Å². The molecule has 0 aliphatic carbocycles. The molecular weight excluding hydrogens is 502 g/mol. The van der Waals surface area contributed by atoms with E-state index in [1.54, 1.807) is 13.8 Å². The number of H-pyrrole nitrogens is 1. The number of nitrogen functional groups attached to an aromatic ring is 1. The lowest BCUT2D eigenvalue weighted by Crippen LogP contribution is -2.34. The molecule has 0 saturated heterocycles. The Hall–Kier alpha value is -2.85. The van der Waals surface area contributed by atoms with Crippen LogP contribution >= 0.6 is 23.4 Å². The second kappa shape index (κ2) is 17.6. The molecule has 2 heterocycles.